The van der Waals surface area contributed by atoms with Crippen LogP contribution in [0, 0.1) is 0 Å². The van der Waals surface area contributed by atoms with E-state index in [0.717, 1.165) is 99.6 Å². The van der Waals surface area contributed by atoms with Crippen LogP contribution < -0.4 is 0 Å². The van der Waals surface area contributed by atoms with Gasteiger partial charge in [0.2, 0.25) is 0 Å². The fraction of sp³-hybridized carbons (Fsp3) is 0. The number of hydrogen-bond donors (Lipinski definition) is 0. The average molecular weight is 1000 g/mol. The van der Waals surface area contributed by atoms with Gasteiger partial charge in [-0.2, -0.15) is 0 Å². The molecule has 0 atom stereocenters. The van der Waals surface area contributed by atoms with Gasteiger partial charge in [-0.3, -0.25) is 0 Å². The van der Waals surface area contributed by atoms with E-state index < -0.39 is 0 Å². The summed E-state index contributed by atoms with van der Waals surface area (Å²) in [6.45, 7) is 0. The lowest BCUT2D eigenvalue weighted by Crippen LogP contribution is -1.94. The van der Waals surface area contributed by atoms with E-state index in [2.05, 4.69) is 252 Å². The first-order chi connectivity index (χ1) is 38.1. The molecule has 0 unspecified atom stereocenters. The van der Waals surface area contributed by atoms with Crippen LogP contribution in [0.2, 0.25) is 0 Å². The molecule has 4 nitrogen and oxygen atoms in total. The lowest BCUT2D eigenvalue weighted by Gasteiger charge is -2.11. The highest BCUT2D eigenvalue weighted by atomic mass is 32.2. The van der Waals surface area contributed by atoms with Crippen molar-refractivity contribution in [1.29, 1.82) is 0 Å². The molecule has 0 aliphatic rings. The van der Waals surface area contributed by atoms with Gasteiger partial charge in [0, 0.05) is 75.4 Å². The second-order valence-electron chi connectivity index (χ2n) is 20.0. The molecule has 360 valence electrons. The van der Waals surface area contributed by atoms with Crippen LogP contribution >= 0.6 is 11.8 Å². The zero-order valence-corrected chi connectivity index (χ0v) is 42.3. The molecule has 16 rings (SSSR count). The van der Waals surface area contributed by atoms with Crippen molar-refractivity contribution in [1.82, 2.24) is 9.13 Å². The smallest absolute Gasteiger partial charge is 0.143 e. The highest BCUT2D eigenvalue weighted by Crippen LogP contribution is 2.43. The zero-order chi connectivity index (χ0) is 50.6. The van der Waals surface area contributed by atoms with Gasteiger partial charge in [-0.05, 0) is 130 Å². The van der Waals surface area contributed by atoms with Crippen LogP contribution in [0.5, 0.6) is 0 Å². The lowest BCUT2D eigenvalue weighted by atomic mass is 10.0. The Morgan fingerprint density at radius 2 is 0.610 bits per heavy atom. The first-order valence-electron chi connectivity index (χ1n) is 26.1. The van der Waals surface area contributed by atoms with E-state index in [4.69, 9.17) is 8.83 Å². The minimum atomic E-state index is 0.905. The summed E-state index contributed by atoms with van der Waals surface area (Å²) in [7, 11) is 0. The third-order valence-electron chi connectivity index (χ3n) is 15.6. The fourth-order valence-corrected chi connectivity index (χ4v) is 12.9. The van der Waals surface area contributed by atoms with Crippen LogP contribution in [-0.4, -0.2) is 9.13 Å². The predicted octanol–water partition coefficient (Wildman–Crippen LogP) is 20.5. The molecule has 12 aromatic carbocycles. The second-order valence-corrected chi connectivity index (χ2v) is 21.1. The summed E-state index contributed by atoms with van der Waals surface area (Å²) in [5.41, 5.74) is 19.7. The van der Waals surface area contributed by atoms with Gasteiger partial charge in [-0.25, -0.2) is 0 Å². The maximum absolute atomic E-state index is 6.46. The maximum atomic E-state index is 6.46. The zero-order valence-electron chi connectivity index (χ0n) is 41.5. The predicted molar refractivity (Wildman–Crippen MR) is 322 cm³/mol. The molecule has 0 aliphatic heterocycles. The molecular weight excluding hydrogens is 957 g/mol. The number of fused-ring (bicyclic) bond motifs is 12. The Kier molecular flexibility index (Phi) is 9.84. The van der Waals surface area contributed by atoms with Gasteiger partial charge < -0.3 is 18.0 Å². The van der Waals surface area contributed by atoms with E-state index in [9.17, 15) is 0 Å². The second kappa shape index (κ2) is 17.4. The quantitative estimate of drug-likeness (QED) is 0.152. The molecule has 77 heavy (non-hydrogen) atoms. The van der Waals surface area contributed by atoms with E-state index in [-0.39, 0.29) is 0 Å². The number of nitrogens with zero attached hydrogens (tertiary/aromatic N) is 2. The van der Waals surface area contributed by atoms with Crippen LogP contribution in [0.4, 0.5) is 0 Å². The van der Waals surface area contributed by atoms with Crippen molar-refractivity contribution in [2.45, 2.75) is 9.79 Å². The number of hydrogen-bond acceptors (Lipinski definition) is 3. The van der Waals surface area contributed by atoms with Crippen LogP contribution in [0.1, 0.15) is 0 Å². The average Bonchev–Trinajstić information content (AvgIpc) is 4.42. The molecule has 0 saturated heterocycles. The molecule has 0 aliphatic carbocycles. The van der Waals surface area contributed by atoms with Crippen molar-refractivity contribution in [2.75, 3.05) is 0 Å². The highest BCUT2D eigenvalue weighted by molar-refractivity contribution is 7.99. The van der Waals surface area contributed by atoms with Crippen LogP contribution in [0.15, 0.2) is 286 Å². The molecule has 0 radical (unpaired) electrons. The molecule has 4 heterocycles. The van der Waals surface area contributed by atoms with E-state index in [1.165, 1.54) is 53.6 Å². The normalized spacial score (nSPS) is 11.9. The first kappa shape index (κ1) is 43.6. The minimum Gasteiger partial charge on any atom is -0.455 e. The molecule has 0 N–H and O–H groups in total. The maximum Gasteiger partial charge on any atom is 0.143 e. The minimum absolute atomic E-state index is 0.905. The summed E-state index contributed by atoms with van der Waals surface area (Å²) >= 11 is 1.81. The van der Waals surface area contributed by atoms with Crippen LogP contribution in [0.25, 0.3) is 143 Å². The van der Waals surface area contributed by atoms with Crippen molar-refractivity contribution in [3.8, 4) is 55.9 Å². The van der Waals surface area contributed by atoms with E-state index >= 15 is 0 Å². The number of furan rings is 2. The van der Waals surface area contributed by atoms with Gasteiger partial charge in [0.1, 0.15) is 22.3 Å². The molecule has 0 bridgehead atoms. The van der Waals surface area contributed by atoms with Crippen molar-refractivity contribution in [2.24, 2.45) is 0 Å². The topological polar surface area (TPSA) is 36.1 Å². The summed E-state index contributed by atoms with van der Waals surface area (Å²) in [6, 6.07) is 96.5. The standard InChI is InChI=1S/C72H44N2O2S/c1-3-13-45(14-4-1)49-29-37-65-61(41-49)63-43-53(35-39-67(63)73(65)51-31-25-47(26-32-51)55-19-11-21-59-57-17-7-9-23-69(57)75-71(55)59)77-54-36-40-68-64(44-54)62-42-50(46-15-5-2-6-16-46)30-38-66(62)74(68)52-33-27-48(28-34-52)56-20-12-22-60-58-18-8-10-24-70(58)76-72(56)60/h1-44H. The number of rotatable bonds is 8. The SMILES string of the molecule is c1ccc(-c2ccc3c(c2)c2cc(Sc4ccc5c(c4)c4cc(-c6ccccc6)ccc4n5-c4ccc(-c5cccc6c5oc5ccccc56)cc4)ccc2n3-c2ccc(-c3cccc4c3oc3ccccc34)cc2)cc1. The highest BCUT2D eigenvalue weighted by Gasteiger charge is 2.20. The Bertz CT molecular complexity index is 4670. The first-order valence-corrected chi connectivity index (χ1v) is 26.9. The van der Waals surface area contributed by atoms with Gasteiger partial charge >= 0.3 is 0 Å². The third-order valence-corrected chi connectivity index (χ3v) is 16.6. The molecular formula is C72H44N2O2S. The lowest BCUT2D eigenvalue weighted by molar-refractivity contribution is 0.669. The summed E-state index contributed by atoms with van der Waals surface area (Å²) < 4.78 is 17.7. The molecule has 5 heteroatoms. The van der Waals surface area contributed by atoms with Crippen LogP contribution in [0.3, 0.4) is 0 Å². The van der Waals surface area contributed by atoms with E-state index in [1.807, 2.05) is 36.0 Å². The molecule has 4 aromatic heterocycles. The van der Waals surface area contributed by atoms with Gasteiger partial charge in [-0.1, -0.05) is 182 Å². The number of benzene rings is 12. The largest absolute Gasteiger partial charge is 0.455 e. The fourth-order valence-electron chi connectivity index (χ4n) is 12.0. The summed E-state index contributed by atoms with van der Waals surface area (Å²) in [5, 5.41) is 9.39. The summed E-state index contributed by atoms with van der Waals surface area (Å²) in [5.74, 6) is 0. The van der Waals surface area contributed by atoms with E-state index in [0.29, 0.717) is 0 Å². The van der Waals surface area contributed by atoms with Gasteiger partial charge in [0.25, 0.3) is 0 Å². The summed E-state index contributed by atoms with van der Waals surface area (Å²) in [4.78, 5) is 2.36. The van der Waals surface area contributed by atoms with Gasteiger partial charge in [0.05, 0.1) is 22.1 Å². The van der Waals surface area contributed by atoms with Crippen molar-refractivity contribution >= 4 is 99.3 Å². The third kappa shape index (κ3) is 7.09. The molecule has 0 saturated carbocycles. The van der Waals surface area contributed by atoms with Crippen molar-refractivity contribution < 1.29 is 8.83 Å². The van der Waals surface area contributed by atoms with Gasteiger partial charge in [-0.15, -0.1) is 0 Å². The van der Waals surface area contributed by atoms with E-state index in [1.54, 1.807) is 0 Å². The Morgan fingerprint density at radius 1 is 0.247 bits per heavy atom. The van der Waals surface area contributed by atoms with Crippen molar-refractivity contribution in [3.05, 3.63) is 267 Å². The molecule has 16 aromatic rings. The Balaban J connectivity index is 0.797. The monoisotopic (exact) mass is 1000 g/mol. The summed E-state index contributed by atoms with van der Waals surface area (Å²) in [6.07, 6.45) is 0. The number of para-hydroxylation sites is 4. The van der Waals surface area contributed by atoms with Crippen molar-refractivity contribution in [3.63, 3.8) is 0 Å². The Hall–Kier alpha value is -9.81. The van der Waals surface area contributed by atoms with Gasteiger partial charge in [0.15, 0.2) is 0 Å². The number of aromatic nitrogens is 2. The molecule has 0 fully saturated rings. The molecule has 0 spiro atoms. The van der Waals surface area contributed by atoms with Crippen LogP contribution in [-0.2, 0) is 0 Å². The Labute approximate surface area is 447 Å². The Morgan fingerprint density at radius 3 is 1.05 bits per heavy atom. The molecule has 0 amide bonds.